The third-order valence-corrected chi connectivity index (χ3v) is 10.9. The van der Waals surface area contributed by atoms with Gasteiger partial charge in [-0.15, -0.1) is 0 Å². The summed E-state index contributed by atoms with van der Waals surface area (Å²) in [6, 6.07) is 60.3. The van der Waals surface area contributed by atoms with Crippen molar-refractivity contribution in [2.75, 3.05) is 0 Å². The molecule has 0 radical (unpaired) electrons. The van der Waals surface area contributed by atoms with Gasteiger partial charge in [0.1, 0.15) is 11.2 Å². The van der Waals surface area contributed by atoms with E-state index in [1.165, 1.54) is 44.5 Å². The quantitative estimate of drug-likeness (QED) is 0.189. The number of fused-ring (bicyclic) bond motifs is 13. The van der Waals surface area contributed by atoms with Crippen molar-refractivity contribution >= 4 is 34.1 Å². The molecule has 2 aliphatic carbocycles. The fourth-order valence-electron chi connectivity index (χ4n) is 8.73. The van der Waals surface area contributed by atoms with Crippen LogP contribution < -0.4 is 0 Å². The second kappa shape index (κ2) is 11.1. The molecule has 2 aromatic heterocycles. The van der Waals surface area contributed by atoms with Crippen LogP contribution in [0.25, 0.3) is 79.1 Å². The molecule has 0 saturated carbocycles. The van der Waals surface area contributed by atoms with Crippen LogP contribution in [0.3, 0.4) is 0 Å². The minimum absolute atomic E-state index is 0.608. The van der Waals surface area contributed by atoms with Gasteiger partial charge in [-0.1, -0.05) is 158 Å². The number of hydrogen-bond acceptors (Lipinski definition) is 3. The monoisotopic (exact) mass is 662 g/mol. The summed E-state index contributed by atoms with van der Waals surface area (Å²) in [5.74, 6) is 0.697. The van der Waals surface area contributed by atoms with E-state index >= 15 is 0 Å². The van der Waals surface area contributed by atoms with Gasteiger partial charge < -0.3 is 4.42 Å². The Morgan fingerprint density at radius 1 is 0.423 bits per heavy atom. The van der Waals surface area contributed by atoms with Crippen LogP contribution in [-0.2, 0) is 5.41 Å². The topological polar surface area (TPSA) is 38.9 Å². The van der Waals surface area contributed by atoms with Gasteiger partial charge in [-0.05, 0) is 68.8 Å². The highest BCUT2D eigenvalue weighted by atomic mass is 16.3. The van der Waals surface area contributed by atoms with Crippen LogP contribution in [0.1, 0.15) is 33.4 Å². The maximum absolute atomic E-state index is 6.48. The number of para-hydroxylation sites is 1. The highest BCUT2D eigenvalue weighted by Gasteiger charge is 2.49. The Labute approximate surface area is 301 Å². The number of aromatic nitrogens is 2. The Bertz CT molecular complexity index is 2850. The lowest BCUT2D eigenvalue weighted by atomic mass is 9.65. The van der Waals surface area contributed by atoms with Crippen LogP contribution >= 0.6 is 0 Å². The molecule has 0 bridgehead atoms. The second-order valence-corrected chi connectivity index (χ2v) is 13.7. The van der Waals surface area contributed by atoms with Crippen LogP contribution in [0.5, 0.6) is 0 Å². The van der Waals surface area contributed by atoms with Crippen molar-refractivity contribution in [3.8, 4) is 45.0 Å². The molecule has 0 amide bonds. The molecule has 0 N–H and O–H groups in total. The van der Waals surface area contributed by atoms with Crippen LogP contribution in [0, 0.1) is 0 Å². The normalized spacial score (nSPS) is 15.3. The van der Waals surface area contributed by atoms with Crippen LogP contribution in [0.4, 0.5) is 0 Å². The van der Waals surface area contributed by atoms with Gasteiger partial charge in [-0.2, -0.15) is 0 Å². The third kappa shape index (κ3) is 4.08. The summed E-state index contributed by atoms with van der Waals surface area (Å²) in [4.78, 5) is 10.5. The van der Waals surface area contributed by atoms with Crippen molar-refractivity contribution in [3.63, 3.8) is 0 Å². The maximum atomic E-state index is 6.48. The summed E-state index contributed by atoms with van der Waals surface area (Å²) in [5.41, 5.74) is 15.9. The molecule has 242 valence electrons. The maximum Gasteiger partial charge on any atom is 0.160 e. The van der Waals surface area contributed by atoms with E-state index in [9.17, 15) is 0 Å². The van der Waals surface area contributed by atoms with Gasteiger partial charge in [0, 0.05) is 27.5 Å². The minimum atomic E-state index is -0.608. The standard InChI is InChI=1S/C49H30N2O/c1-3-14-33(15-4-1)42-30-43(34-16-5-2-6-17-34)51-48(50-42)35-26-25-32-24-23-31-13-7-10-20-38(31)49(41(32)29-35)39-21-11-8-18-36(39)46-40(49)27-28-45-47(46)37-19-9-12-22-44(37)52-45/h1-30H. The highest BCUT2D eigenvalue weighted by molar-refractivity contribution is 6.15. The number of nitrogens with zero attached hydrogens (tertiary/aromatic N) is 2. The fraction of sp³-hybridized carbons (Fsp3) is 0.0204. The third-order valence-electron chi connectivity index (χ3n) is 10.9. The zero-order chi connectivity index (χ0) is 34.2. The zero-order valence-corrected chi connectivity index (χ0v) is 28.1. The Kier molecular flexibility index (Phi) is 6.17. The summed E-state index contributed by atoms with van der Waals surface area (Å²) in [5, 5.41) is 2.30. The first-order valence-electron chi connectivity index (χ1n) is 17.7. The molecule has 0 fully saturated rings. The molecular formula is C49H30N2O. The van der Waals surface area contributed by atoms with Gasteiger partial charge >= 0.3 is 0 Å². The molecule has 1 unspecified atom stereocenters. The molecule has 7 aromatic carbocycles. The van der Waals surface area contributed by atoms with Gasteiger partial charge in [0.2, 0.25) is 0 Å². The molecule has 52 heavy (non-hydrogen) atoms. The zero-order valence-electron chi connectivity index (χ0n) is 28.1. The van der Waals surface area contributed by atoms with Crippen LogP contribution in [-0.4, -0.2) is 9.97 Å². The summed E-state index contributed by atoms with van der Waals surface area (Å²) < 4.78 is 6.48. The molecule has 3 heteroatoms. The van der Waals surface area contributed by atoms with Crippen molar-refractivity contribution in [3.05, 3.63) is 203 Å². The van der Waals surface area contributed by atoms with Gasteiger partial charge in [0.15, 0.2) is 5.82 Å². The predicted molar refractivity (Wildman–Crippen MR) is 212 cm³/mol. The van der Waals surface area contributed by atoms with Crippen LogP contribution in [0.2, 0.25) is 0 Å². The van der Waals surface area contributed by atoms with Crippen molar-refractivity contribution in [2.24, 2.45) is 0 Å². The Morgan fingerprint density at radius 2 is 1.06 bits per heavy atom. The van der Waals surface area contributed by atoms with Gasteiger partial charge in [0.25, 0.3) is 0 Å². The highest BCUT2D eigenvalue weighted by Crippen LogP contribution is 2.60. The van der Waals surface area contributed by atoms with Crippen LogP contribution in [0.15, 0.2) is 174 Å². The summed E-state index contributed by atoms with van der Waals surface area (Å²) >= 11 is 0. The summed E-state index contributed by atoms with van der Waals surface area (Å²) in [6.07, 6.45) is 4.55. The lowest BCUT2D eigenvalue weighted by Gasteiger charge is -2.35. The molecule has 1 atom stereocenters. The molecule has 0 aliphatic heterocycles. The average molecular weight is 663 g/mol. The largest absolute Gasteiger partial charge is 0.456 e. The van der Waals surface area contributed by atoms with Crippen molar-refractivity contribution in [1.82, 2.24) is 9.97 Å². The van der Waals surface area contributed by atoms with E-state index in [2.05, 4.69) is 164 Å². The molecule has 11 rings (SSSR count). The Morgan fingerprint density at radius 3 is 1.83 bits per heavy atom. The summed E-state index contributed by atoms with van der Waals surface area (Å²) in [7, 11) is 0. The lowest BCUT2D eigenvalue weighted by molar-refractivity contribution is 0.668. The molecule has 3 nitrogen and oxygen atoms in total. The first-order chi connectivity index (χ1) is 25.8. The lowest BCUT2D eigenvalue weighted by Crippen LogP contribution is -2.30. The van der Waals surface area contributed by atoms with E-state index in [0.29, 0.717) is 5.82 Å². The van der Waals surface area contributed by atoms with E-state index in [1.807, 2.05) is 18.2 Å². The number of benzene rings is 7. The van der Waals surface area contributed by atoms with Gasteiger partial charge in [-0.3, -0.25) is 0 Å². The number of hydrogen-bond donors (Lipinski definition) is 0. The molecule has 2 heterocycles. The fourth-order valence-corrected chi connectivity index (χ4v) is 8.73. The average Bonchev–Trinajstić information content (AvgIpc) is 3.69. The predicted octanol–water partition coefficient (Wildman–Crippen LogP) is 12.2. The van der Waals surface area contributed by atoms with E-state index in [1.54, 1.807) is 0 Å². The number of rotatable bonds is 3. The van der Waals surface area contributed by atoms with E-state index < -0.39 is 5.41 Å². The first-order valence-corrected chi connectivity index (χ1v) is 17.7. The minimum Gasteiger partial charge on any atom is -0.456 e. The van der Waals surface area contributed by atoms with E-state index in [0.717, 1.165) is 50.0 Å². The number of furan rings is 1. The Hall–Kier alpha value is -6.84. The summed E-state index contributed by atoms with van der Waals surface area (Å²) in [6.45, 7) is 0. The molecular weight excluding hydrogens is 633 g/mol. The van der Waals surface area contributed by atoms with Crippen molar-refractivity contribution in [1.29, 1.82) is 0 Å². The van der Waals surface area contributed by atoms with Gasteiger partial charge in [0.05, 0.1) is 16.8 Å². The first kappa shape index (κ1) is 28.9. The Balaban J connectivity index is 1.24. The van der Waals surface area contributed by atoms with E-state index in [-0.39, 0.29) is 0 Å². The van der Waals surface area contributed by atoms with Crippen molar-refractivity contribution < 1.29 is 4.42 Å². The van der Waals surface area contributed by atoms with Crippen molar-refractivity contribution in [2.45, 2.75) is 5.41 Å². The SMILES string of the molecule is C1=Cc2ccc(-c3nc(-c4ccccc4)cc(-c4ccccc4)n3)cc2C2(c3ccccc31)c1ccccc1-c1c2ccc2oc3ccccc3c12. The van der Waals surface area contributed by atoms with Gasteiger partial charge in [-0.25, -0.2) is 9.97 Å². The molecule has 0 saturated heterocycles. The molecule has 1 spiro atoms. The molecule has 2 aliphatic rings. The molecule has 9 aromatic rings. The van der Waals surface area contributed by atoms with E-state index in [4.69, 9.17) is 14.4 Å². The smallest absolute Gasteiger partial charge is 0.160 e. The second-order valence-electron chi connectivity index (χ2n) is 13.7.